The second-order valence-electron chi connectivity index (χ2n) is 5.77. The zero-order valence-electron chi connectivity index (χ0n) is 13.3. The molecule has 1 amide bonds. The highest BCUT2D eigenvalue weighted by Gasteiger charge is 2.43. The molecule has 0 radical (unpaired) electrons. The number of ether oxygens (including phenoxy) is 2. The summed E-state index contributed by atoms with van der Waals surface area (Å²) in [6.07, 6.45) is 0.449. The lowest BCUT2D eigenvalue weighted by atomic mass is 9.98. The van der Waals surface area contributed by atoms with Gasteiger partial charge in [0.2, 0.25) is 0 Å². The minimum Gasteiger partial charge on any atom is -0.493 e. The average Bonchev–Trinajstić information content (AvgIpc) is 2.79. The third-order valence-corrected chi connectivity index (χ3v) is 6.12. The SMILES string of the molecule is COc1ccc(C(=O)N(C)[C@]2(C)CCS(=O)(=O)C2)cc1OC. The molecule has 1 aliphatic heterocycles. The summed E-state index contributed by atoms with van der Waals surface area (Å²) in [7, 11) is 1.59. The second-order valence-corrected chi connectivity index (χ2v) is 7.96. The first-order valence-corrected chi connectivity index (χ1v) is 8.75. The predicted octanol–water partition coefficient (Wildman–Crippen LogP) is 1.35. The van der Waals surface area contributed by atoms with Crippen LogP contribution in [0.2, 0.25) is 0 Å². The molecule has 0 bridgehead atoms. The summed E-state index contributed by atoms with van der Waals surface area (Å²) in [6, 6.07) is 4.91. The standard InChI is InChI=1S/C15H21NO5S/c1-15(7-8-22(18,19)10-15)16(2)14(17)11-5-6-12(20-3)13(9-11)21-4/h5-6,9H,7-8,10H2,1-4H3/t15-/m1/s1. The molecule has 0 N–H and O–H groups in total. The number of benzene rings is 1. The van der Waals surface area contributed by atoms with E-state index < -0.39 is 15.4 Å². The van der Waals surface area contributed by atoms with Gasteiger partial charge in [0.1, 0.15) is 0 Å². The van der Waals surface area contributed by atoms with E-state index in [0.29, 0.717) is 23.5 Å². The maximum absolute atomic E-state index is 12.7. The number of rotatable bonds is 4. The van der Waals surface area contributed by atoms with E-state index >= 15 is 0 Å². The molecule has 0 spiro atoms. The molecule has 1 saturated heterocycles. The summed E-state index contributed by atoms with van der Waals surface area (Å²) >= 11 is 0. The van der Waals surface area contributed by atoms with Crippen LogP contribution in [-0.2, 0) is 9.84 Å². The first-order valence-electron chi connectivity index (χ1n) is 6.93. The number of hydrogen-bond acceptors (Lipinski definition) is 5. The zero-order chi connectivity index (χ0) is 16.5. The molecule has 0 unspecified atom stereocenters. The molecule has 1 aromatic carbocycles. The quantitative estimate of drug-likeness (QED) is 0.835. The largest absolute Gasteiger partial charge is 0.493 e. The van der Waals surface area contributed by atoms with Gasteiger partial charge in [0.15, 0.2) is 21.3 Å². The highest BCUT2D eigenvalue weighted by Crippen LogP contribution is 2.32. The Morgan fingerprint density at radius 3 is 2.36 bits per heavy atom. The van der Waals surface area contributed by atoms with Crippen molar-refractivity contribution in [2.24, 2.45) is 0 Å². The third kappa shape index (κ3) is 3.04. The fourth-order valence-corrected chi connectivity index (χ4v) is 4.85. The summed E-state index contributed by atoms with van der Waals surface area (Å²) < 4.78 is 33.8. The molecule has 1 aromatic rings. The molecule has 0 aromatic heterocycles. The summed E-state index contributed by atoms with van der Waals surface area (Å²) in [5, 5.41) is 0. The Balaban J connectivity index is 2.28. The first kappa shape index (κ1) is 16.6. The zero-order valence-corrected chi connectivity index (χ0v) is 14.1. The van der Waals surface area contributed by atoms with Crippen LogP contribution in [0, 0.1) is 0 Å². The van der Waals surface area contributed by atoms with Gasteiger partial charge in [0.05, 0.1) is 31.3 Å². The van der Waals surface area contributed by atoms with Gasteiger partial charge in [-0.05, 0) is 31.5 Å². The van der Waals surface area contributed by atoms with Crippen LogP contribution in [0.15, 0.2) is 18.2 Å². The van der Waals surface area contributed by atoms with Gasteiger partial charge in [-0.1, -0.05) is 0 Å². The second kappa shape index (κ2) is 5.79. The summed E-state index contributed by atoms with van der Waals surface area (Å²) in [4.78, 5) is 14.2. The van der Waals surface area contributed by atoms with Crippen LogP contribution in [0.1, 0.15) is 23.7 Å². The Morgan fingerprint density at radius 1 is 1.23 bits per heavy atom. The van der Waals surface area contributed by atoms with Gasteiger partial charge in [-0.25, -0.2) is 8.42 Å². The van der Waals surface area contributed by atoms with E-state index in [9.17, 15) is 13.2 Å². The molecular formula is C15H21NO5S. The highest BCUT2D eigenvalue weighted by atomic mass is 32.2. The number of hydrogen-bond donors (Lipinski definition) is 0. The molecule has 1 aliphatic rings. The number of carbonyl (C=O) groups excluding carboxylic acids is 1. The van der Waals surface area contributed by atoms with E-state index in [1.54, 1.807) is 32.2 Å². The van der Waals surface area contributed by atoms with Gasteiger partial charge >= 0.3 is 0 Å². The Hall–Kier alpha value is -1.76. The van der Waals surface area contributed by atoms with Crippen LogP contribution < -0.4 is 9.47 Å². The van der Waals surface area contributed by atoms with E-state index in [1.165, 1.54) is 19.1 Å². The Kier molecular flexibility index (Phi) is 4.37. The molecule has 0 aliphatic carbocycles. The molecule has 1 atom stereocenters. The Bertz CT molecular complexity index is 685. The lowest BCUT2D eigenvalue weighted by Gasteiger charge is -2.34. The van der Waals surface area contributed by atoms with E-state index in [0.717, 1.165) is 0 Å². The van der Waals surface area contributed by atoms with Crippen LogP contribution in [-0.4, -0.2) is 57.5 Å². The number of carbonyl (C=O) groups is 1. The van der Waals surface area contributed by atoms with Crippen molar-refractivity contribution >= 4 is 15.7 Å². The summed E-state index contributed by atoms with van der Waals surface area (Å²) in [5.41, 5.74) is -0.242. The highest BCUT2D eigenvalue weighted by molar-refractivity contribution is 7.91. The maximum Gasteiger partial charge on any atom is 0.254 e. The number of amides is 1. The van der Waals surface area contributed by atoms with E-state index in [1.807, 2.05) is 0 Å². The minimum absolute atomic E-state index is 0.00443. The number of nitrogens with zero attached hydrogens (tertiary/aromatic N) is 1. The van der Waals surface area contributed by atoms with Crippen LogP contribution in [0.4, 0.5) is 0 Å². The van der Waals surface area contributed by atoms with Crippen molar-refractivity contribution in [3.8, 4) is 11.5 Å². The average molecular weight is 327 g/mol. The molecule has 7 heteroatoms. The fourth-order valence-electron chi connectivity index (χ4n) is 2.67. The van der Waals surface area contributed by atoms with Crippen molar-refractivity contribution < 1.29 is 22.7 Å². The number of methoxy groups -OCH3 is 2. The van der Waals surface area contributed by atoms with Gasteiger partial charge in [-0.15, -0.1) is 0 Å². The van der Waals surface area contributed by atoms with Crippen molar-refractivity contribution in [1.29, 1.82) is 0 Å². The number of sulfone groups is 1. The van der Waals surface area contributed by atoms with E-state index in [-0.39, 0.29) is 17.4 Å². The van der Waals surface area contributed by atoms with Crippen molar-refractivity contribution in [2.75, 3.05) is 32.8 Å². The molecule has 1 heterocycles. The summed E-state index contributed by atoms with van der Waals surface area (Å²) in [6.45, 7) is 1.80. The van der Waals surface area contributed by atoms with Gasteiger partial charge in [0, 0.05) is 12.6 Å². The minimum atomic E-state index is -3.08. The monoisotopic (exact) mass is 327 g/mol. The fraction of sp³-hybridized carbons (Fsp3) is 0.533. The Morgan fingerprint density at radius 2 is 1.86 bits per heavy atom. The van der Waals surface area contributed by atoms with Gasteiger partial charge in [-0.3, -0.25) is 4.79 Å². The molecule has 0 saturated carbocycles. The molecule has 6 nitrogen and oxygen atoms in total. The van der Waals surface area contributed by atoms with Crippen LogP contribution in [0.25, 0.3) is 0 Å². The van der Waals surface area contributed by atoms with Gasteiger partial charge < -0.3 is 14.4 Å². The van der Waals surface area contributed by atoms with E-state index in [2.05, 4.69) is 0 Å². The third-order valence-electron chi connectivity index (χ3n) is 4.23. The Labute approximate surface area is 130 Å². The molecular weight excluding hydrogens is 306 g/mol. The lowest BCUT2D eigenvalue weighted by molar-refractivity contribution is 0.0638. The predicted molar refractivity (Wildman–Crippen MR) is 83.3 cm³/mol. The van der Waals surface area contributed by atoms with Crippen molar-refractivity contribution in [1.82, 2.24) is 4.90 Å². The molecule has 2 rings (SSSR count). The van der Waals surface area contributed by atoms with Crippen LogP contribution >= 0.6 is 0 Å². The molecule has 1 fully saturated rings. The van der Waals surface area contributed by atoms with Crippen molar-refractivity contribution in [3.63, 3.8) is 0 Å². The summed E-state index contributed by atoms with van der Waals surface area (Å²) in [5.74, 6) is 0.880. The maximum atomic E-state index is 12.7. The first-order chi connectivity index (χ1) is 10.2. The van der Waals surface area contributed by atoms with Crippen molar-refractivity contribution in [3.05, 3.63) is 23.8 Å². The molecule has 22 heavy (non-hydrogen) atoms. The lowest BCUT2D eigenvalue weighted by Crippen LogP contribution is -2.48. The van der Waals surface area contributed by atoms with Crippen LogP contribution in [0.5, 0.6) is 11.5 Å². The van der Waals surface area contributed by atoms with Crippen LogP contribution in [0.3, 0.4) is 0 Å². The van der Waals surface area contributed by atoms with E-state index in [4.69, 9.17) is 9.47 Å². The molecule has 122 valence electrons. The van der Waals surface area contributed by atoms with Gasteiger partial charge in [-0.2, -0.15) is 0 Å². The van der Waals surface area contributed by atoms with Gasteiger partial charge in [0.25, 0.3) is 5.91 Å². The smallest absolute Gasteiger partial charge is 0.254 e. The topological polar surface area (TPSA) is 72.9 Å². The van der Waals surface area contributed by atoms with Crippen molar-refractivity contribution in [2.45, 2.75) is 18.9 Å². The normalized spacial score (nSPS) is 23.1.